The molecular weight excluding hydrogens is 176 g/mol. The normalized spacial score (nSPS) is 14.4. The third kappa shape index (κ3) is 1.39. The standard InChI is InChI=1S/C11H16N2O/c1-13(2)9-5-6-10(14)11-8(9)4-3-7-12-11/h5-6,12,14H,3-4,7H2,1-2H3. The van der Waals surface area contributed by atoms with Gasteiger partial charge in [-0.15, -0.1) is 0 Å². The van der Waals surface area contributed by atoms with E-state index in [9.17, 15) is 5.11 Å². The van der Waals surface area contributed by atoms with Gasteiger partial charge in [0.1, 0.15) is 5.75 Å². The molecule has 0 atom stereocenters. The van der Waals surface area contributed by atoms with E-state index in [1.165, 1.54) is 11.3 Å². The van der Waals surface area contributed by atoms with Crippen molar-refractivity contribution in [2.45, 2.75) is 12.8 Å². The summed E-state index contributed by atoms with van der Waals surface area (Å²) < 4.78 is 0. The zero-order valence-corrected chi connectivity index (χ0v) is 8.67. The second kappa shape index (κ2) is 3.40. The van der Waals surface area contributed by atoms with E-state index >= 15 is 0 Å². The molecule has 0 radical (unpaired) electrons. The van der Waals surface area contributed by atoms with Crippen LogP contribution in [0.5, 0.6) is 5.75 Å². The Labute approximate surface area is 84.4 Å². The van der Waals surface area contributed by atoms with E-state index < -0.39 is 0 Å². The highest BCUT2D eigenvalue weighted by atomic mass is 16.3. The van der Waals surface area contributed by atoms with Gasteiger partial charge < -0.3 is 15.3 Å². The number of aromatic hydroxyl groups is 1. The monoisotopic (exact) mass is 192 g/mol. The van der Waals surface area contributed by atoms with Gasteiger partial charge in [-0.25, -0.2) is 0 Å². The second-order valence-corrected chi connectivity index (χ2v) is 3.88. The van der Waals surface area contributed by atoms with Crippen LogP contribution in [0.3, 0.4) is 0 Å². The molecule has 2 N–H and O–H groups in total. The summed E-state index contributed by atoms with van der Waals surface area (Å²) in [6.07, 6.45) is 2.18. The summed E-state index contributed by atoms with van der Waals surface area (Å²) in [5, 5.41) is 12.9. The van der Waals surface area contributed by atoms with Crippen LogP contribution in [-0.2, 0) is 6.42 Å². The van der Waals surface area contributed by atoms with E-state index in [2.05, 4.69) is 10.2 Å². The number of fused-ring (bicyclic) bond motifs is 1. The fraction of sp³-hybridized carbons (Fsp3) is 0.455. The molecular formula is C11H16N2O. The molecule has 0 bridgehead atoms. The van der Waals surface area contributed by atoms with Gasteiger partial charge in [0.25, 0.3) is 0 Å². The molecule has 1 aliphatic heterocycles. The van der Waals surface area contributed by atoms with E-state index in [0.29, 0.717) is 5.75 Å². The van der Waals surface area contributed by atoms with Gasteiger partial charge in [0, 0.05) is 31.9 Å². The molecule has 76 valence electrons. The molecule has 0 aliphatic carbocycles. The summed E-state index contributed by atoms with van der Waals surface area (Å²) in [6, 6.07) is 3.73. The smallest absolute Gasteiger partial charge is 0.139 e. The summed E-state index contributed by atoms with van der Waals surface area (Å²) in [5.74, 6) is 0.366. The lowest BCUT2D eigenvalue weighted by Gasteiger charge is -2.25. The van der Waals surface area contributed by atoms with Gasteiger partial charge in [0.2, 0.25) is 0 Å². The minimum Gasteiger partial charge on any atom is -0.506 e. The van der Waals surface area contributed by atoms with Crippen LogP contribution in [0.2, 0.25) is 0 Å². The van der Waals surface area contributed by atoms with Crippen molar-refractivity contribution in [3.63, 3.8) is 0 Å². The molecule has 14 heavy (non-hydrogen) atoms. The zero-order valence-electron chi connectivity index (χ0n) is 8.67. The van der Waals surface area contributed by atoms with Crippen molar-refractivity contribution in [3.05, 3.63) is 17.7 Å². The maximum absolute atomic E-state index is 9.68. The topological polar surface area (TPSA) is 35.5 Å². The van der Waals surface area contributed by atoms with Crippen molar-refractivity contribution < 1.29 is 5.11 Å². The number of anilines is 2. The molecule has 0 aromatic heterocycles. The molecule has 1 aromatic rings. The van der Waals surface area contributed by atoms with E-state index in [-0.39, 0.29) is 0 Å². The Balaban J connectivity index is 2.53. The third-order valence-electron chi connectivity index (χ3n) is 2.65. The molecule has 0 saturated heterocycles. The quantitative estimate of drug-likeness (QED) is 0.666. The molecule has 0 saturated carbocycles. The maximum atomic E-state index is 9.68. The van der Waals surface area contributed by atoms with Crippen LogP contribution in [0.4, 0.5) is 11.4 Å². The predicted molar refractivity (Wildman–Crippen MR) is 59.2 cm³/mol. The molecule has 1 aliphatic rings. The summed E-state index contributed by atoms with van der Waals surface area (Å²) in [5.41, 5.74) is 3.36. The molecule has 0 fully saturated rings. The van der Waals surface area contributed by atoms with Gasteiger partial charge in [-0.05, 0) is 25.0 Å². The van der Waals surface area contributed by atoms with Gasteiger partial charge in [-0.3, -0.25) is 0 Å². The van der Waals surface area contributed by atoms with Crippen LogP contribution < -0.4 is 10.2 Å². The second-order valence-electron chi connectivity index (χ2n) is 3.88. The Hall–Kier alpha value is -1.38. The highest BCUT2D eigenvalue weighted by molar-refractivity contribution is 5.73. The first-order chi connectivity index (χ1) is 6.70. The Morgan fingerprint density at radius 3 is 2.86 bits per heavy atom. The Kier molecular flexibility index (Phi) is 2.23. The maximum Gasteiger partial charge on any atom is 0.139 e. The Morgan fingerprint density at radius 2 is 2.14 bits per heavy atom. The van der Waals surface area contributed by atoms with Gasteiger partial charge in [-0.2, -0.15) is 0 Å². The Bertz CT molecular complexity index is 347. The van der Waals surface area contributed by atoms with Crippen molar-refractivity contribution >= 4 is 11.4 Å². The molecule has 0 amide bonds. The number of benzene rings is 1. The average Bonchev–Trinajstić information content (AvgIpc) is 2.18. The zero-order chi connectivity index (χ0) is 10.1. The van der Waals surface area contributed by atoms with Crippen molar-refractivity contribution in [3.8, 4) is 5.75 Å². The van der Waals surface area contributed by atoms with Crippen LogP contribution in [0.15, 0.2) is 12.1 Å². The molecule has 3 nitrogen and oxygen atoms in total. The number of phenolic OH excluding ortho intramolecular Hbond substituents is 1. The number of rotatable bonds is 1. The summed E-state index contributed by atoms with van der Waals surface area (Å²) in [6.45, 7) is 0.956. The van der Waals surface area contributed by atoms with Crippen molar-refractivity contribution in [2.75, 3.05) is 30.9 Å². The number of nitrogens with one attached hydrogen (secondary N) is 1. The van der Waals surface area contributed by atoms with Crippen LogP contribution in [0.1, 0.15) is 12.0 Å². The van der Waals surface area contributed by atoms with E-state index in [1.807, 2.05) is 20.2 Å². The summed E-state index contributed by atoms with van der Waals surface area (Å²) in [4.78, 5) is 2.09. The van der Waals surface area contributed by atoms with Crippen molar-refractivity contribution in [1.82, 2.24) is 0 Å². The third-order valence-corrected chi connectivity index (χ3v) is 2.65. The lowest BCUT2D eigenvalue weighted by molar-refractivity contribution is 0.475. The number of phenols is 1. The highest BCUT2D eigenvalue weighted by Gasteiger charge is 2.16. The fourth-order valence-electron chi connectivity index (χ4n) is 1.97. The van der Waals surface area contributed by atoms with Crippen LogP contribution in [-0.4, -0.2) is 25.7 Å². The van der Waals surface area contributed by atoms with E-state index in [1.54, 1.807) is 6.07 Å². The first-order valence-corrected chi connectivity index (χ1v) is 4.96. The SMILES string of the molecule is CN(C)c1ccc(O)c2c1CCCN2. The number of hydrogen-bond donors (Lipinski definition) is 2. The van der Waals surface area contributed by atoms with Crippen LogP contribution in [0, 0.1) is 0 Å². The van der Waals surface area contributed by atoms with Crippen molar-refractivity contribution in [2.24, 2.45) is 0 Å². The number of hydrogen-bond acceptors (Lipinski definition) is 3. The van der Waals surface area contributed by atoms with Crippen LogP contribution in [0.25, 0.3) is 0 Å². The molecule has 2 rings (SSSR count). The first-order valence-electron chi connectivity index (χ1n) is 4.96. The highest BCUT2D eigenvalue weighted by Crippen LogP contribution is 2.37. The molecule has 3 heteroatoms. The Morgan fingerprint density at radius 1 is 1.36 bits per heavy atom. The van der Waals surface area contributed by atoms with Gasteiger partial charge >= 0.3 is 0 Å². The summed E-state index contributed by atoms with van der Waals surface area (Å²) >= 11 is 0. The molecule has 0 unspecified atom stereocenters. The largest absolute Gasteiger partial charge is 0.506 e. The minimum absolute atomic E-state index is 0.366. The predicted octanol–water partition coefficient (Wildman–Crippen LogP) is 1.82. The molecule has 0 spiro atoms. The van der Waals surface area contributed by atoms with Gasteiger partial charge in [-0.1, -0.05) is 0 Å². The van der Waals surface area contributed by atoms with Gasteiger partial charge in [0.15, 0.2) is 0 Å². The molecule has 1 heterocycles. The average molecular weight is 192 g/mol. The first kappa shape index (κ1) is 9.19. The van der Waals surface area contributed by atoms with E-state index in [0.717, 1.165) is 25.1 Å². The number of nitrogens with zero attached hydrogens (tertiary/aromatic N) is 1. The van der Waals surface area contributed by atoms with E-state index in [4.69, 9.17) is 0 Å². The van der Waals surface area contributed by atoms with Crippen molar-refractivity contribution in [1.29, 1.82) is 0 Å². The van der Waals surface area contributed by atoms with Gasteiger partial charge in [0.05, 0.1) is 5.69 Å². The summed E-state index contributed by atoms with van der Waals surface area (Å²) in [7, 11) is 4.06. The molecule has 1 aromatic carbocycles. The lowest BCUT2D eigenvalue weighted by atomic mass is 10.0. The van der Waals surface area contributed by atoms with Crippen LogP contribution >= 0.6 is 0 Å². The lowest BCUT2D eigenvalue weighted by Crippen LogP contribution is -2.17. The minimum atomic E-state index is 0.366. The fourth-order valence-corrected chi connectivity index (χ4v) is 1.97.